The zero-order valence-corrected chi connectivity index (χ0v) is 12.4. The summed E-state index contributed by atoms with van der Waals surface area (Å²) in [5.74, 6) is 0.335. The van der Waals surface area contributed by atoms with E-state index in [1.54, 1.807) is 12.3 Å². The molecule has 0 unspecified atom stereocenters. The molecule has 1 aromatic rings. The van der Waals surface area contributed by atoms with Gasteiger partial charge in [-0.2, -0.15) is 0 Å². The molecule has 1 N–H and O–H groups in total. The van der Waals surface area contributed by atoms with E-state index >= 15 is 0 Å². The molecular weight excluding hydrogens is 327 g/mol. The highest BCUT2D eigenvalue weighted by Gasteiger charge is 2.28. The van der Waals surface area contributed by atoms with Crippen molar-refractivity contribution in [3.05, 3.63) is 28.5 Å². The molecule has 1 rings (SSSR count). The Morgan fingerprint density at radius 3 is 2.59 bits per heavy atom. The number of rotatable bonds is 5. The van der Waals surface area contributed by atoms with Gasteiger partial charge in [0.25, 0.3) is 5.91 Å². The Morgan fingerprint density at radius 2 is 2.12 bits per heavy atom. The molecule has 94 valence electrons. The fourth-order valence-corrected chi connectivity index (χ4v) is 2.39. The van der Waals surface area contributed by atoms with Gasteiger partial charge in [-0.25, -0.2) is 0 Å². The summed E-state index contributed by atoms with van der Waals surface area (Å²) in [6.45, 7) is 1.93. The van der Waals surface area contributed by atoms with E-state index < -0.39 is 5.54 Å². The first-order chi connectivity index (χ1) is 8.06. The Hall–Kier alpha value is -0.320. The van der Waals surface area contributed by atoms with E-state index in [1.807, 2.05) is 6.92 Å². The molecule has 0 saturated heterocycles. The van der Waals surface area contributed by atoms with E-state index in [-0.39, 0.29) is 17.7 Å². The van der Waals surface area contributed by atoms with Crippen molar-refractivity contribution in [2.45, 2.75) is 18.9 Å². The quantitative estimate of drug-likeness (QED) is 0.837. The number of nitrogens with one attached hydrogen (secondary N) is 1. The van der Waals surface area contributed by atoms with Crippen LogP contribution in [0.5, 0.6) is 0 Å². The second-order valence-electron chi connectivity index (χ2n) is 3.75. The fourth-order valence-electron chi connectivity index (χ4n) is 1.23. The predicted molar refractivity (Wildman–Crippen MR) is 73.9 cm³/mol. The van der Waals surface area contributed by atoms with Crippen molar-refractivity contribution in [3.8, 4) is 0 Å². The third kappa shape index (κ3) is 3.83. The van der Waals surface area contributed by atoms with Crippen molar-refractivity contribution >= 4 is 45.0 Å². The number of carbonyl (C=O) groups excluding carboxylic acids is 1. The summed E-state index contributed by atoms with van der Waals surface area (Å²) in [5.41, 5.74) is -0.0878. The molecular formula is C11H13BrCl2N2O. The van der Waals surface area contributed by atoms with Gasteiger partial charge < -0.3 is 5.32 Å². The van der Waals surface area contributed by atoms with E-state index in [2.05, 4.69) is 26.2 Å². The molecule has 1 aromatic heterocycles. The molecule has 0 radical (unpaired) electrons. The van der Waals surface area contributed by atoms with E-state index in [9.17, 15) is 4.79 Å². The van der Waals surface area contributed by atoms with Crippen LogP contribution in [0, 0.1) is 0 Å². The van der Waals surface area contributed by atoms with Crippen LogP contribution in [-0.2, 0) is 0 Å². The lowest BCUT2D eigenvalue weighted by molar-refractivity contribution is 0.0913. The Balaban J connectivity index is 2.84. The monoisotopic (exact) mass is 338 g/mol. The number of hydrogen-bond acceptors (Lipinski definition) is 2. The van der Waals surface area contributed by atoms with Crippen LogP contribution in [0.4, 0.5) is 0 Å². The van der Waals surface area contributed by atoms with Crippen LogP contribution in [0.15, 0.2) is 22.9 Å². The molecule has 0 spiro atoms. The second kappa shape index (κ2) is 6.57. The van der Waals surface area contributed by atoms with Crippen molar-refractivity contribution in [1.82, 2.24) is 10.3 Å². The number of aromatic nitrogens is 1. The predicted octanol–water partition coefficient (Wildman–Crippen LogP) is 3.20. The van der Waals surface area contributed by atoms with Crippen molar-refractivity contribution in [1.29, 1.82) is 0 Å². The standard InChI is InChI=1S/C11H13BrCl2N2O/c1-2-11(6-13,7-14)16-10(17)8-3-9(12)5-15-4-8/h3-5H,2,6-7H2,1H3,(H,16,17). The maximum Gasteiger partial charge on any atom is 0.253 e. The van der Waals surface area contributed by atoms with Crippen LogP contribution >= 0.6 is 39.1 Å². The topological polar surface area (TPSA) is 42.0 Å². The summed E-state index contributed by atoms with van der Waals surface area (Å²) >= 11 is 15.0. The van der Waals surface area contributed by atoms with Crippen LogP contribution in [0.1, 0.15) is 23.7 Å². The molecule has 0 saturated carbocycles. The van der Waals surface area contributed by atoms with Crippen LogP contribution in [0.2, 0.25) is 0 Å². The summed E-state index contributed by atoms with van der Waals surface area (Å²) in [6.07, 6.45) is 3.79. The van der Waals surface area contributed by atoms with Gasteiger partial charge in [-0.3, -0.25) is 9.78 Å². The van der Waals surface area contributed by atoms with Crippen LogP contribution in [0.3, 0.4) is 0 Å². The van der Waals surface area contributed by atoms with E-state index in [0.29, 0.717) is 12.0 Å². The van der Waals surface area contributed by atoms with Gasteiger partial charge in [0.05, 0.1) is 11.1 Å². The van der Waals surface area contributed by atoms with E-state index in [1.165, 1.54) is 6.20 Å². The first kappa shape index (κ1) is 14.7. The van der Waals surface area contributed by atoms with Crippen LogP contribution in [0.25, 0.3) is 0 Å². The largest absolute Gasteiger partial charge is 0.344 e. The summed E-state index contributed by atoms with van der Waals surface area (Å²) in [7, 11) is 0. The van der Waals surface area contributed by atoms with Gasteiger partial charge in [0.2, 0.25) is 0 Å². The SMILES string of the molecule is CCC(CCl)(CCl)NC(=O)c1cncc(Br)c1. The van der Waals surface area contributed by atoms with E-state index in [4.69, 9.17) is 23.2 Å². The third-order valence-electron chi connectivity index (χ3n) is 2.53. The third-order valence-corrected chi connectivity index (χ3v) is 3.99. The minimum Gasteiger partial charge on any atom is -0.344 e. The van der Waals surface area contributed by atoms with Crippen LogP contribution < -0.4 is 5.32 Å². The average molecular weight is 340 g/mol. The average Bonchev–Trinajstić information content (AvgIpc) is 2.36. The van der Waals surface area contributed by atoms with Crippen LogP contribution in [-0.4, -0.2) is 28.2 Å². The van der Waals surface area contributed by atoms with Gasteiger partial charge in [-0.05, 0) is 28.4 Å². The van der Waals surface area contributed by atoms with Crippen molar-refractivity contribution < 1.29 is 4.79 Å². The molecule has 0 aliphatic carbocycles. The van der Waals surface area contributed by atoms with Gasteiger partial charge >= 0.3 is 0 Å². The molecule has 0 fully saturated rings. The molecule has 1 amide bonds. The Bertz CT molecular complexity index is 389. The van der Waals surface area contributed by atoms with Gasteiger partial charge in [0, 0.05) is 28.6 Å². The van der Waals surface area contributed by atoms with Gasteiger partial charge in [-0.1, -0.05) is 6.92 Å². The van der Waals surface area contributed by atoms with Crippen molar-refractivity contribution in [2.24, 2.45) is 0 Å². The first-order valence-electron chi connectivity index (χ1n) is 5.12. The minimum atomic E-state index is -0.567. The summed E-state index contributed by atoms with van der Waals surface area (Å²) in [5, 5.41) is 2.86. The molecule has 0 aliphatic rings. The molecule has 0 aliphatic heterocycles. The van der Waals surface area contributed by atoms with Crippen molar-refractivity contribution in [3.63, 3.8) is 0 Å². The number of pyridine rings is 1. The molecule has 17 heavy (non-hydrogen) atoms. The number of amides is 1. The smallest absolute Gasteiger partial charge is 0.253 e. The normalized spacial score (nSPS) is 11.3. The highest BCUT2D eigenvalue weighted by atomic mass is 79.9. The number of hydrogen-bond donors (Lipinski definition) is 1. The highest BCUT2D eigenvalue weighted by Crippen LogP contribution is 2.17. The maximum absolute atomic E-state index is 12.0. The summed E-state index contributed by atoms with van der Waals surface area (Å²) in [4.78, 5) is 15.9. The van der Waals surface area contributed by atoms with Gasteiger partial charge in [-0.15, -0.1) is 23.2 Å². The number of alkyl halides is 2. The minimum absolute atomic E-state index is 0.220. The Morgan fingerprint density at radius 1 is 1.47 bits per heavy atom. The van der Waals surface area contributed by atoms with Crippen molar-refractivity contribution in [2.75, 3.05) is 11.8 Å². The van der Waals surface area contributed by atoms with E-state index in [0.717, 1.165) is 4.47 Å². The van der Waals surface area contributed by atoms with Gasteiger partial charge in [0.15, 0.2) is 0 Å². The summed E-state index contributed by atoms with van der Waals surface area (Å²) in [6, 6.07) is 1.70. The first-order valence-corrected chi connectivity index (χ1v) is 6.98. The number of halogens is 3. The molecule has 0 bridgehead atoms. The lowest BCUT2D eigenvalue weighted by Gasteiger charge is -2.29. The maximum atomic E-state index is 12.0. The number of carbonyl (C=O) groups is 1. The second-order valence-corrected chi connectivity index (χ2v) is 5.20. The zero-order valence-electron chi connectivity index (χ0n) is 9.34. The lowest BCUT2D eigenvalue weighted by atomic mass is 10.0. The lowest BCUT2D eigenvalue weighted by Crippen LogP contribution is -2.51. The number of nitrogens with zero attached hydrogens (tertiary/aromatic N) is 1. The molecule has 3 nitrogen and oxygen atoms in total. The molecule has 0 atom stereocenters. The Labute approximate surface area is 119 Å². The molecule has 1 heterocycles. The molecule has 0 aromatic carbocycles. The Kier molecular flexibility index (Phi) is 5.70. The molecule has 6 heteroatoms. The summed E-state index contributed by atoms with van der Waals surface area (Å²) < 4.78 is 0.754. The van der Waals surface area contributed by atoms with Gasteiger partial charge in [0.1, 0.15) is 0 Å². The highest BCUT2D eigenvalue weighted by molar-refractivity contribution is 9.10. The zero-order chi connectivity index (χ0) is 12.9. The fraction of sp³-hybridized carbons (Fsp3) is 0.455.